The number of nitrogens with zero attached hydrogens (tertiary/aromatic N) is 3. The first-order valence-corrected chi connectivity index (χ1v) is 8.81. The third-order valence-electron chi connectivity index (χ3n) is 5.32. The summed E-state index contributed by atoms with van der Waals surface area (Å²) in [6, 6.07) is 0.981. The van der Waals surface area contributed by atoms with Crippen LogP contribution in [0.3, 0.4) is 0 Å². The van der Waals surface area contributed by atoms with Gasteiger partial charge in [0.05, 0.1) is 6.04 Å². The highest BCUT2D eigenvalue weighted by molar-refractivity contribution is 5.03. The molecule has 0 bridgehead atoms. The number of piperidine rings is 1. The van der Waals surface area contributed by atoms with Crippen molar-refractivity contribution in [3.8, 4) is 0 Å². The molecule has 2 aliphatic rings. The average molecular weight is 306 g/mol. The molecule has 1 N–H and O–H groups in total. The first kappa shape index (κ1) is 16.0. The summed E-state index contributed by atoms with van der Waals surface area (Å²) in [7, 11) is 2.11. The summed E-state index contributed by atoms with van der Waals surface area (Å²) < 4.78 is 7.73. The van der Waals surface area contributed by atoms with Crippen molar-refractivity contribution in [1.29, 1.82) is 0 Å². The maximum Gasteiger partial charge on any atom is 0.125 e. The second-order valence-electron chi connectivity index (χ2n) is 6.70. The van der Waals surface area contributed by atoms with Crippen molar-refractivity contribution in [1.82, 2.24) is 19.8 Å². The van der Waals surface area contributed by atoms with Crippen molar-refractivity contribution in [2.24, 2.45) is 13.0 Å². The van der Waals surface area contributed by atoms with Crippen LogP contribution in [0, 0.1) is 5.92 Å². The van der Waals surface area contributed by atoms with Crippen LogP contribution >= 0.6 is 0 Å². The fourth-order valence-electron chi connectivity index (χ4n) is 3.82. The molecule has 5 nitrogen and oxygen atoms in total. The molecular formula is C17H30N4O. The van der Waals surface area contributed by atoms with Crippen molar-refractivity contribution < 1.29 is 4.74 Å². The molecular weight excluding hydrogens is 276 g/mol. The van der Waals surface area contributed by atoms with Gasteiger partial charge in [-0.15, -0.1) is 0 Å². The molecule has 2 aliphatic heterocycles. The monoisotopic (exact) mass is 306 g/mol. The van der Waals surface area contributed by atoms with Gasteiger partial charge in [-0.05, 0) is 51.2 Å². The van der Waals surface area contributed by atoms with Gasteiger partial charge in [-0.25, -0.2) is 4.98 Å². The SMILES string of the molecule is CCN1CCC(N[C@@H](c2nccn2C)C2CCOCC2)CC1. The Morgan fingerprint density at radius 2 is 2.00 bits per heavy atom. The molecule has 0 saturated carbocycles. The molecule has 0 amide bonds. The zero-order chi connectivity index (χ0) is 15.4. The normalized spacial score (nSPS) is 23.7. The summed E-state index contributed by atoms with van der Waals surface area (Å²) in [5, 5.41) is 3.95. The Morgan fingerprint density at radius 1 is 1.27 bits per heavy atom. The van der Waals surface area contributed by atoms with Gasteiger partial charge in [-0.1, -0.05) is 6.92 Å². The molecule has 0 radical (unpaired) electrons. The number of hydrogen-bond acceptors (Lipinski definition) is 4. The predicted octanol–water partition coefficient (Wildman–Crippen LogP) is 1.96. The Balaban J connectivity index is 1.67. The lowest BCUT2D eigenvalue weighted by Crippen LogP contribution is -2.46. The van der Waals surface area contributed by atoms with Gasteiger partial charge in [-0.3, -0.25) is 0 Å². The van der Waals surface area contributed by atoms with Crippen LogP contribution in [0.1, 0.15) is 44.5 Å². The maximum absolute atomic E-state index is 5.55. The molecule has 1 atom stereocenters. The molecule has 1 aromatic rings. The molecule has 124 valence electrons. The molecule has 0 unspecified atom stereocenters. The predicted molar refractivity (Wildman–Crippen MR) is 87.8 cm³/mol. The third-order valence-corrected chi connectivity index (χ3v) is 5.32. The Kier molecular flexibility index (Phi) is 5.50. The van der Waals surface area contributed by atoms with Gasteiger partial charge in [0.1, 0.15) is 5.82 Å². The summed E-state index contributed by atoms with van der Waals surface area (Å²) in [6.45, 7) is 7.65. The molecule has 0 spiro atoms. The van der Waals surface area contributed by atoms with Crippen molar-refractivity contribution >= 4 is 0 Å². The van der Waals surface area contributed by atoms with E-state index in [1.165, 1.54) is 38.3 Å². The first-order chi connectivity index (χ1) is 10.8. The topological polar surface area (TPSA) is 42.3 Å². The Hall–Kier alpha value is -0.910. The number of hydrogen-bond donors (Lipinski definition) is 1. The zero-order valence-corrected chi connectivity index (χ0v) is 14.0. The number of aromatic nitrogens is 2. The van der Waals surface area contributed by atoms with E-state index in [0.717, 1.165) is 26.1 Å². The van der Waals surface area contributed by atoms with Gasteiger partial charge in [0, 0.05) is 38.7 Å². The second kappa shape index (κ2) is 7.57. The van der Waals surface area contributed by atoms with Crippen molar-refractivity contribution in [3.05, 3.63) is 18.2 Å². The molecule has 1 aromatic heterocycles. The van der Waals surface area contributed by atoms with Gasteiger partial charge in [0.2, 0.25) is 0 Å². The lowest BCUT2D eigenvalue weighted by Gasteiger charge is -2.37. The van der Waals surface area contributed by atoms with Crippen LogP contribution in [0.15, 0.2) is 12.4 Å². The largest absolute Gasteiger partial charge is 0.381 e. The molecule has 2 saturated heterocycles. The summed E-state index contributed by atoms with van der Waals surface area (Å²) in [5.41, 5.74) is 0. The van der Waals surface area contributed by atoms with Gasteiger partial charge in [0.25, 0.3) is 0 Å². The Labute approximate surface area is 134 Å². The molecule has 2 fully saturated rings. The van der Waals surface area contributed by atoms with Crippen LogP contribution in [0.2, 0.25) is 0 Å². The second-order valence-corrected chi connectivity index (χ2v) is 6.70. The van der Waals surface area contributed by atoms with E-state index >= 15 is 0 Å². The first-order valence-electron chi connectivity index (χ1n) is 8.81. The van der Waals surface area contributed by atoms with Crippen molar-refractivity contribution in [2.45, 2.75) is 44.7 Å². The molecule has 0 aliphatic carbocycles. The van der Waals surface area contributed by atoms with E-state index in [0.29, 0.717) is 18.0 Å². The van der Waals surface area contributed by atoms with Gasteiger partial charge in [-0.2, -0.15) is 0 Å². The standard InChI is InChI=1S/C17H30N4O/c1-3-21-9-4-15(5-10-21)19-16(14-6-12-22-13-7-14)17-18-8-11-20(17)2/h8,11,14-16,19H,3-7,9-10,12-13H2,1-2H3/t16-/m1/s1. The Morgan fingerprint density at radius 3 is 2.59 bits per heavy atom. The number of nitrogens with one attached hydrogen (secondary N) is 1. The van der Waals surface area contributed by atoms with E-state index in [4.69, 9.17) is 4.74 Å². The Bertz CT molecular complexity index is 447. The smallest absolute Gasteiger partial charge is 0.125 e. The quantitative estimate of drug-likeness (QED) is 0.903. The van der Waals surface area contributed by atoms with E-state index in [2.05, 4.69) is 39.9 Å². The van der Waals surface area contributed by atoms with Crippen LogP contribution in [-0.4, -0.2) is 53.3 Å². The average Bonchev–Trinajstić information content (AvgIpc) is 3.00. The van der Waals surface area contributed by atoms with Crippen LogP contribution in [0.25, 0.3) is 0 Å². The van der Waals surface area contributed by atoms with Crippen LogP contribution in [0.5, 0.6) is 0 Å². The number of aryl methyl sites for hydroxylation is 1. The lowest BCUT2D eigenvalue weighted by molar-refractivity contribution is 0.0481. The fourth-order valence-corrected chi connectivity index (χ4v) is 3.82. The van der Waals surface area contributed by atoms with E-state index in [-0.39, 0.29) is 0 Å². The summed E-state index contributed by atoms with van der Waals surface area (Å²) >= 11 is 0. The highest BCUT2D eigenvalue weighted by Crippen LogP contribution is 2.30. The minimum atomic E-state index is 0.363. The number of ether oxygens (including phenoxy) is 1. The molecule has 3 rings (SSSR count). The fraction of sp³-hybridized carbons (Fsp3) is 0.824. The summed E-state index contributed by atoms with van der Waals surface area (Å²) in [5.74, 6) is 1.82. The van der Waals surface area contributed by atoms with Gasteiger partial charge < -0.3 is 19.5 Å². The summed E-state index contributed by atoms with van der Waals surface area (Å²) in [6.07, 6.45) is 8.75. The highest BCUT2D eigenvalue weighted by atomic mass is 16.5. The molecule has 3 heterocycles. The van der Waals surface area contributed by atoms with Crippen LogP contribution in [0.4, 0.5) is 0 Å². The van der Waals surface area contributed by atoms with Crippen LogP contribution < -0.4 is 5.32 Å². The van der Waals surface area contributed by atoms with E-state index < -0.39 is 0 Å². The lowest BCUT2D eigenvalue weighted by atomic mass is 9.89. The minimum Gasteiger partial charge on any atom is -0.381 e. The van der Waals surface area contributed by atoms with Crippen LogP contribution in [-0.2, 0) is 11.8 Å². The van der Waals surface area contributed by atoms with E-state index in [1.54, 1.807) is 0 Å². The number of likely N-dealkylation sites (tertiary alicyclic amines) is 1. The maximum atomic E-state index is 5.55. The van der Waals surface area contributed by atoms with E-state index in [9.17, 15) is 0 Å². The summed E-state index contributed by atoms with van der Waals surface area (Å²) in [4.78, 5) is 7.18. The highest BCUT2D eigenvalue weighted by Gasteiger charge is 2.31. The third kappa shape index (κ3) is 3.70. The zero-order valence-electron chi connectivity index (χ0n) is 14.0. The minimum absolute atomic E-state index is 0.363. The molecule has 5 heteroatoms. The number of rotatable bonds is 5. The van der Waals surface area contributed by atoms with Gasteiger partial charge in [0.15, 0.2) is 0 Å². The molecule has 22 heavy (non-hydrogen) atoms. The van der Waals surface area contributed by atoms with E-state index in [1.807, 2.05) is 6.20 Å². The number of imidazole rings is 1. The van der Waals surface area contributed by atoms with Crippen molar-refractivity contribution in [2.75, 3.05) is 32.8 Å². The van der Waals surface area contributed by atoms with Crippen molar-refractivity contribution in [3.63, 3.8) is 0 Å². The van der Waals surface area contributed by atoms with Gasteiger partial charge >= 0.3 is 0 Å². The molecule has 0 aromatic carbocycles.